The zero-order valence-electron chi connectivity index (χ0n) is 9.08. The van der Waals surface area contributed by atoms with Crippen LogP contribution < -0.4 is 5.73 Å². The van der Waals surface area contributed by atoms with Gasteiger partial charge in [0.05, 0.1) is 0 Å². The highest BCUT2D eigenvalue weighted by atomic mass is 32.1. The van der Waals surface area contributed by atoms with Crippen molar-refractivity contribution in [3.05, 3.63) is 21.9 Å². The van der Waals surface area contributed by atoms with Gasteiger partial charge in [-0.3, -0.25) is 0 Å². The van der Waals surface area contributed by atoms with Crippen LogP contribution in [0.1, 0.15) is 30.0 Å². The summed E-state index contributed by atoms with van der Waals surface area (Å²) in [6.45, 7) is 6.41. The van der Waals surface area contributed by atoms with Crippen LogP contribution in [0.2, 0.25) is 0 Å². The third kappa shape index (κ3) is 2.16. The van der Waals surface area contributed by atoms with Gasteiger partial charge in [-0.15, -0.1) is 11.3 Å². The fourth-order valence-electron chi connectivity index (χ4n) is 1.55. The molecule has 0 aliphatic rings. The Morgan fingerprint density at radius 1 is 1.57 bits per heavy atom. The zero-order valence-corrected chi connectivity index (χ0v) is 9.90. The van der Waals surface area contributed by atoms with Crippen LogP contribution in [0.5, 0.6) is 0 Å². The van der Waals surface area contributed by atoms with Crippen molar-refractivity contribution in [2.24, 2.45) is 5.73 Å². The molecule has 0 aliphatic heterocycles. The van der Waals surface area contributed by atoms with Gasteiger partial charge < -0.3 is 10.8 Å². The molecule has 0 fully saturated rings. The first-order chi connectivity index (χ1) is 6.50. The van der Waals surface area contributed by atoms with Crippen LogP contribution in [0.25, 0.3) is 0 Å². The van der Waals surface area contributed by atoms with E-state index in [1.54, 1.807) is 11.3 Å². The molecule has 3 N–H and O–H groups in total. The molecule has 0 radical (unpaired) electrons. The van der Waals surface area contributed by atoms with E-state index in [1.165, 1.54) is 9.75 Å². The van der Waals surface area contributed by atoms with Crippen LogP contribution in [0.3, 0.4) is 0 Å². The summed E-state index contributed by atoms with van der Waals surface area (Å²) in [4.78, 5) is 2.57. The van der Waals surface area contributed by atoms with Gasteiger partial charge in [-0.2, -0.15) is 0 Å². The van der Waals surface area contributed by atoms with Crippen LogP contribution in [-0.4, -0.2) is 17.8 Å². The van der Waals surface area contributed by atoms with Gasteiger partial charge in [0.15, 0.2) is 0 Å². The lowest BCUT2D eigenvalue weighted by Crippen LogP contribution is -2.41. The Balaban J connectivity index is 2.98. The zero-order chi connectivity index (χ0) is 10.8. The van der Waals surface area contributed by atoms with Crippen LogP contribution >= 0.6 is 11.3 Å². The molecule has 14 heavy (non-hydrogen) atoms. The van der Waals surface area contributed by atoms with Gasteiger partial charge in [0.25, 0.3) is 0 Å². The standard InChI is InChI=1S/C11H19NOS/c1-8-4-5-10(14-8)11(3,6-7-13)9(2)12/h4-5,9,13H,6-7,12H2,1-3H3. The van der Waals surface area contributed by atoms with Gasteiger partial charge >= 0.3 is 0 Å². The topological polar surface area (TPSA) is 46.2 Å². The van der Waals surface area contributed by atoms with E-state index in [0.717, 1.165) is 6.42 Å². The Labute approximate surface area is 89.8 Å². The summed E-state index contributed by atoms with van der Waals surface area (Å²) >= 11 is 1.77. The maximum absolute atomic E-state index is 9.07. The van der Waals surface area contributed by atoms with Crippen LogP contribution in [0.4, 0.5) is 0 Å². The molecule has 0 amide bonds. The highest BCUT2D eigenvalue weighted by molar-refractivity contribution is 7.12. The molecule has 0 bridgehead atoms. The minimum absolute atomic E-state index is 0.0627. The SMILES string of the molecule is Cc1ccc(C(C)(CCO)C(C)N)s1. The Morgan fingerprint density at radius 3 is 2.57 bits per heavy atom. The molecule has 1 aromatic rings. The smallest absolute Gasteiger partial charge is 0.0440 e. The molecular formula is C11H19NOS. The minimum Gasteiger partial charge on any atom is -0.396 e. The van der Waals surface area contributed by atoms with E-state index in [4.69, 9.17) is 10.8 Å². The summed E-state index contributed by atoms with van der Waals surface area (Å²) in [5, 5.41) is 9.07. The molecule has 0 saturated heterocycles. The molecule has 80 valence electrons. The van der Waals surface area contributed by atoms with E-state index >= 15 is 0 Å². The molecule has 1 heterocycles. The first kappa shape index (κ1) is 11.7. The van der Waals surface area contributed by atoms with Gasteiger partial charge in [0, 0.05) is 27.8 Å². The summed E-state index contributed by atoms with van der Waals surface area (Å²) in [7, 11) is 0. The largest absolute Gasteiger partial charge is 0.396 e. The molecule has 0 aliphatic carbocycles. The normalized spacial score (nSPS) is 17.8. The molecule has 1 rings (SSSR count). The fourth-order valence-corrected chi connectivity index (χ4v) is 2.69. The summed E-state index contributed by atoms with van der Waals surface area (Å²) in [5.41, 5.74) is 5.90. The number of thiophene rings is 1. The summed E-state index contributed by atoms with van der Waals surface area (Å²) in [6, 6.07) is 4.30. The van der Waals surface area contributed by atoms with Crippen molar-refractivity contribution in [3.8, 4) is 0 Å². The van der Waals surface area contributed by atoms with Crippen LogP contribution in [0.15, 0.2) is 12.1 Å². The Hall–Kier alpha value is -0.380. The number of rotatable bonds is 4. The van der Waals surface area contributed by atoms with Crippen LogP contribution in [-0.2, 0) is 5.41 Å². The molecule has 2 unspecified atom stereocenters. The van der Waals surface area contributed by atoms with Gasteiger partial charge in [0.2, 0.25) is 0 Å². The first-order valence-corrected chi connectivity index (χ1v) is 5.75. The molecule has 0 aromatic carbocycles. The molecule has 2 atom stereocenters. The molecule has 0 saturated carbocycles. The lowest BCUT2D eigenvalue weighted by molar-refractivity contribution is 0.231. The average molecular weight is 213 g/mol. The number of nitrogens with two attached hydrogens (primary N) is 1. The average Bonchev–Trinajstić information content (AvgIpc) is 2.52. The van der Waals surface area contributed by atoms with E-state index in [2.05, 4.69) is 26.0 Å². The maximum Gasteiger partial charge on any atom is 0.0440 e. The highest BCUT2D eigenvalue weighted by Crippen LogP contribution is 2.35. The monoisotopic (exact) mass is 213 g/mol. The number of hydrogen-bond acceptors (Lipinski definition) is 3. The lowest BCUT2D eigenvalue weighted by atomic mass is 9.79. The molecule has 1 aromatic heterocycles. The van der Waals surface area contributed by atoms with Crippen molar-refractivity contribution < 1.29 is 5.11 Å². The second-order valence-corrected chi connectivity index (χ2v) is 5.38. The number of aliphatic hydroxyl groups excluding tert-OH is 1. The molecule has 2 nitrogen and oxygen atoms in total. The fraction of sp³-hybridized carbons (Fsp3) is 0.636. The van der Waals surface area contributed by atoms with Crippen molar-refractivity contribution in [2.75, 3.05) is 6.61 Å². The van der Waals surface area contributed by atoms with E-state index in [9.17, 15) is 0 Å². The van der Waals surface area contributed by atoms with E-state index in [-0.39, 0.29) is 18.1 Å². The summed E-state index contributed by atoms with van der Waals surface area (Å²) in [5.74, 6) is 0. The van der Waals surface area contributed by atoms with Crippen molar-refractivity contribution >= 4 is 11.3 Å². The quantitative estimate of drug-likeness (QED) is 0.804. The Kier molecular flexibility index (Phi) is 3.70. The van der Waals surface area contributed by atoms with E-state index in [0.29, 0.717) is 0 Å². The van der Waals surface area contributed by atoms with Gasteiger partial charge in [-0.1, -0.05) is 6.92 Å². The number of aliphatic hydroxyl groups is 1. The van der Waals surface area contributed by atoms with Crippen LogP contribution in [0, 0.1) is 6.92 Å². The highest BCUT2D eigenvalue weighted by Gasteiger charge is 2.31. The number of aryl methyl sites for hydroxylation is 1. The van der Waals surface area contributed by atoms with Crippen molar-refractivity contribution in [3.63, 3.8) is 0 Å². The lowest BCUT2D eigenvalue weighted by Gasteiger charge is -2.32. The van der Waals surface area contributed by atoms with Crippen molar-refractivity contribution in [1.29, 1.82) is 0 Å². The maximum atomic E-state index is 9.07. The molecule has 3 heteroatoms. The van der Waals surface area contributed by atoms with Crippen molar-refractivity contribution in [1.82, 2.24) is 0 Å². The minimum atomic E-state index is -0.0896. The first-order valence-electron chi connectivity index (χ1n) is 4.94. The Bertz CT molecular complexity index is 295. The molecule has 0 spiro atoms. The second-order valence-electron chi connectivity index (χ2n) is 4.09. The summed E-state index contributed by atoms with van der Waals surface area (Å²) < 4.78 is 0. The van der Waals surface area contributed by atoms with Gasteiger partial charge in [-0.05, 0) is 32.4 Å². The van der Waals surface area contributed by atoms with Gasteiger partial charge in [0.1, 0.15) is 0 Å². The third-order valence-corrected chi connectivity index (χ3v) is 4.22. The summed E-state index contributed by atoms with van der Waals surface area (Å²) in [6.07, 6.45) is 0.727. The van der Waals surface area contributed by atoms with Gasteiger partial charge in [-0.25, -0.2) is 0 Å². The van der Waals surface area contributed by atoms with E-state index in [1.807, 2.05) is 6.92 Å². The predicted octanol–water partition coefficient (Wildman–Crippen LogP) is 2.04. The van der Waals surface area contributed by atoms with E-state index < -0.39 is 0 Å². The second kappa shape index (κ2) is 4.43. The Morgan fingerprint density at radius 2 is 2.21 bits per heavy atom. The third-order valence-electron chi connectivity index (χ3n) is 2.94. The predicted molar refractivity (Wildman–Crippen MR) is 61.8 cm³/mol. The molecular weight excluding hydrogens is 194 g/mol. The van der Waals surface area contributed by atoms with Crippen molar-refractivity contribution in [2.45, 2.75) is 38.6 Å². The number of hydrogen-bond donors (Lipinski definition) is 2.